The Bertz CT molecular complexity index is 610. The molecule has 2 aliphatic heterocycles. The number of halogens is 1. The lowest BCUT2D eigenvalue weighted by atomic mass is 9.99. The van der Waals surface area contributed by atoms with Gasteiger partial charge in [-0.05, 0) is 33.0 Å². The van der Waals surface area contributed by atoms with Crippen LogP contribution in [0.5, 0.6) is 0 Å². The Morgan fingerprint density at radius 3 is 2.29 bits per heavy atom. The van der Waals surface area contributed by atoms with Crippen LogP contribution in [0.4, 0.5) is 17.1 Å². The van der Waals surface area contributed by atoms with E-state index in [-0.39, 0.29) is 5.79 Å². The van der Waals surface area contributed by atoms with E-state index in [1.807, 2.05) is 12.1 Å². The van der Waals surface area contributed by atoms with E-state index < -0.39 is 0 Å². The van der Waals surface area contributed by atoms with Crippen LogP contribution in [0.15, 0.2) is 12.1 Å². The fraction of sp³-hybridized carbons (Fsp3) is 0.667. The number of piperazine rings is 1. The Morgan fingerprint density at radius 1 is 1.12 bits per heavy atom. The van der Waals surface area contributed by atoms with Crippen molar-refractivity contribution in [3.8, 4) is 0 Å². The van der Waals surface area contributed by atoms with Gasteiger partial charge in [-0.1, -0.05) is 25.4 Å². The number of benzene rings is 1. The smallest absolute Gasteiger partial charge is 0.172 e. The summed E-state index contributed by atoms with van der Waals surface area (Å²) in [5.41, 5.74) is 8.98. The number of fused-ring (bicyclic) bond motifs is 1. The number of nitrogens with one attached hydrogen (secondary N) is 1. The van der Waals surface area contributed by atoms with E-state index in [9.17, 15) is 0 Å². The van der Waals surface area contributed by atoms with Crippen molar-refractivity contribution in [3.05, 3.63) is 17.2 Å². The molecule has 1 saturated heterocycles. The van der Waals surface area contributed by atoms with Crippen molar-refractivity contribution in [1.29, 1.82) is 0 Å². The normalized spacial score (nSPS) is 25.4. The summed E-state index contributed by atoms with van der Waals surface area (Å²) in [4.78, 5) is 7.47. The summed E-state index contributed by atoms with van der Waals surface area (Å²) in [5, 5.41) is 4.44. The highest BCUT2D eigenvalue weighted by Crippen LogP contribution is 2.48. The molecule has 0 spiro atoms. The summed E-state index contributed by atoms with van der Waals surface area (Å²) in [5.74, 6) is 0.158. The molecule has 2 heterocycles. The number of likely N-dealkylation sites (N-methyl/N-ethyl adjacent to an activating group) is 1. The van der Waals surface area contributed by atoms with Gasteiger partial charge in [0.15, 0.2) is 5.79 Å². The van der Waals surface area contributed by atoms with Crippen LogP contribution in [-0.4, -0.2) is 54.9 Å². The van der Waals surface area contributed by atoms with E-state index in [0.717, 1.165) is 37.6 Å². The molecule has 0 radical (unpaired) electrons. The summed E-state index contributed by atoms with van der Waals surface area (Å²) in [6.07, 6.45) is 0. The largest absolute Gasteiger partial charge is 0.397 e. The number of rotatable bonds is 3. The number of hydrogen-bond acceptors (Lipinski definition) is 5. The summed E-state index contributed by atoms with van der Waals surface area (Å²) in [6, 6.07) is 4.34. The number of anilines is 3. The average Bonchev–Trinajstić information content (AvgIpc) is 2.84. The zero-order valence-electron chi connectivity index (χ0n) is 15.4. The Labute approximate surface area is 150 Å². The molecule has 1 fully saturated rings. The molecule has 0 bridgehead atoms. The number of nitrogens with two attached hydrogens (primary N) is 1. The Hall–Kier alpha value is -1.17. The van der Waals surface area contributed by atoms with Crippen molar-refractivity contribution in [3.63, 3.8) is 0 Å². The van der Waals surface area contributed by atoms with E-state index in [0.29, 0.717) is 22.7 Å². The maximum atomic E-state index is 6.29. The maximum Gasteiger partial charge on any atom is 0.172 e. The molecule has 1 aromatic rings. The highest BCUT2D eigenvalue weighted by molar-refractivity contribution is 6.33. The van der Waals surface area contributed by atoms with E-state index in [4.69, 9.17) is 17.3 Å². The van der Waals surface area contributed by atoms with Crippen LogP contribution in [0.1, 0.15) is 27.7 Å². The van der Waals surface area contributed by atoms with Crippen LogP contribution in [0.25, 0.3) is 0 Å². The average molecular weight is 352 g/mol. The molecule has 0 aromatic heterocycles. The summed E-state index contributed by atoms with van der Waals surface area (Å²) < 4.78 is 0. The van der Waals surface area contributed by atoms with Crippen molar-refractivity contribution in [2.75, 3.05) is 49.2 Å². The SMILES string of the molecule is CC(C)N1c2cc(N)c(Cl)cc2NC1(C(C)C)N1CCN(C)CC1. The monoisotopic (exact) mass is 351 g/mol. The zero-order valence-corrected chi connectivity index (χ0v) is 16.2. The van der Waals surface area contributed by atoms with Gasteiger partial charge in [0.25, 0.3) is 0 Å². The number of hydrogen-bond donors (Lipinski definition) is 2. The Balaban J connectivity index is 2.08. The quantitative estimate of drug-likeness (QED) is 0.819. The minimum Gasteiger partial charge on any atom is -0.397 e. The summed E-state index contributed by atoms with van der Waals surface area (Å²) >= 11 is 6.29. The molecule has 5 nitrogen and oxygen atoms in total. The lowest BCUT2D eigenvalue weighted by Crippen LogP contribution is -2.70. The van der Waals surface area contributed by atoms with Gasteiger partial charge < -0.3 is 20.9 Å². The van der Waals surface area contributed by atoms with Gasteiger partial charge in [-0.2, -0.15) is 0 Å². The van der Waals surface area contributed by atoms with Gasteiger partial charge in [0, 0.05) is 38.1 Å². The van der Waals surface area contributed by atoms with E-state index in [1.54, 1.807) is 0 Å². The standard InChI is InChI=1S/C18H30ClN5/c1-12(2)18(23-8-6-22(5)7-9-23)21-16-10-14(19)15(20)11-17(16)24(18)13(3)4/h10-13,21H,6-9,20H2,1-5H3. The lowest BCUT2D eigenvalue weighted by molar-refractivity contribution is 0.0246. The van der Waals surface area contributed by atoms with Crippen LogP contribution < -0.4 is 16.0 Å². The topological polar surface area (TPSA) is 47.8 Å². The molecule has 0 saturated carbocycles. The second kappa shape index (κ2) is 6.28. The number of nitrogen functional groups attached to an aromatic ring is 1. The van der Waals surface area contributed by atoms with E-state index >= 15 is 0 Å². The minimum atomic E-state index is -0.241. The molecule has 0 amide bonds. The highest BCUT2D eigenvalue weighted by atomic mass is 35.5. The van der Waals surface area contributed by atoms with Crippen molar-refractivity contribution < 1.29 is 0 Å². The van der Waals surface area contributed by atoms with Crippen molar-refractivity contribution in [2.24, 2.45) is 5.92 Å². The van der Waals surface area contributed by atoms with Gasteiger partial charge in [0.1, 0.15) is 0 Å². The molecular weight excluding hydrogens is 322 g/mol. The summed E-state index contributed by atoms with van der Waals surface area (Å²) in [7, 11) is 2.19. The third-order valence-electron chi connectivity index (χ3n) is 5.37. The first-order chi connectivity index (χ1) is 11.3. The molecule has 3 N–H and O–H groups in total. The fourth-order valence-electron chi connectivity index (χ4n) is 4.16. The molecular formula is C18H30ClN5. The van der Waals surface area contributed by atoms with E-state index in [1.165, 1.54) is 0 Å². The Morgan fingerprint density at radius 2 is 1.75 bits per heavy atom. The maximum absolute atomic E-state index is 6.29. The van der Waals surface area contributed by atoms with Gasteiger partial charge in [-0.15, -0.1) is 0 Å². The molecule has 0 aliphatic carbocycles. The second-order valence-corrected chi connectivity index (χ2v) is 8.06. The van der Waals surface area contributed by atoms with Gasteiger partial charge in [-0.25, -0.2) is 0 Å². The third-order valence-corrected chi connectivity index (χ3v) is 5.69. The first-order valence-corrected chi connectivity index (χ1v) is 9.25. The molecule has 1 atom stereocenters. The Kier molecular flexibility index (Phi) is 4.62. The van der Waals surface area contributed by atoms with Crippen LogP contribution in [0, 0.1) is 5.92 Å². The molecule has 134 valence electrons. The molecule has 1 unspecified atom stereocenters. The highest BCUT2D eigenvalue weighted by Gasteiger charge is 2.51. The first-order valence-electron chi connectivity index (χ1n) is 8.87. The molecule has 2 aliphatic rings. The van der Waals surface area contributed by atoms with Gasteiger partial charge in [-0.3, -0.25) is 4.90 Å². The molecule has 6 heteroatoms. The van der Waals surface area contributed by atoms with Crippen molar-refractivity contribution >= 4 is 28.7 Å². The van der Waals surface area contributed by atoms with Gasteiger partial charge in [0.2, 0.25) is 0 Å². The molecule has 3 rings (SSSR count). The predicted octanol–water partition coefficient (Wildman–Crippen LogP) is 3.12. The van der Waals surface area contributed by atoms with Crippen LogP contribution >= 0.6 is 11.6 Å². The molecule has 24 heavy (non-hydrogen) atoms. The third kappa shape index (κ3) is 2.63. The second-order valence-electron chi connectivity index (χ2n) is 7.65. The van der Waals surface area contributed by atoms with Crippen LogP contribution in [-0.2, 0) is 0 Å². The lowest BCUT2D eigenvalue weighted by Gasteiger charge is -2.54. The van der Waals surface area contributed by atoms with Crippen LogP contribution in [0.3, 0.4) is 0 Å². The fourth-order valence-corrected chi connectivity index (χ4v) is 4.32. The van der Waals surface area contributed by atoms with Crippen molar-refractivity contribution in [1.82, 2.24) is 9.80 Å². The van der Waals surface area contributed by atoms with Crippen LogP contribution in [0.2, 0.25) is 5.02 Å². The zero-order chi connectivity index (χ0) is 17.6. The van der Waals surface area contributed by atoms with Crippen molar-refractivity contribution in [2.45, 2.75) is 39.5 Å². The predicted molar refractivity (Wildman–Crippen MR) is 104 cm³/mol. The van der Waals surface area contributed by atoms with E-state index in [2.05, 4.69) is 54.8 Å². The minimum absolute atomic E-state index is 0.241. The molecule has 1 aromatic carbocycles. The number of nitrogens with zero attached hydrogens (tertiary/aromatic N) is 3. The summed E-state index contributed by atoms with van der Waals surface area (Å²) in [6.45, 7) is 13.3. The first kappa shape index (κ1) is 17.6. The van der Waals surface area contributed by atoms with Gasteiger partial charge >= 0.3 is 0 Å². The van der Waals surface area contributed by atoms with Gasteiger partial charge in [0.05, 0.1) is 22.1 Å².